The Morgan fingerprint density at radius 1 is 1.30 bits per heavy atom. The third-order valence-corrected chi connectivity index (χ3v) is 3.41. The minimum absolute atomic E-state index is 0.00315. The fourth-order valence-electron chi connectivity index (χ4n) is 1.59. The van der Waals surface area contributed by atoms with E-state index in [1.54, 1.807) is 25.1 Å². The van der Waals surface area contributed by atoms with Crippen molar-refractivity contribution in [2.75, 3.05) is 14.2 Å². The van der Waals surface area contributed by atoms with Gasteiger partial charge in [0.1, 0.15) is 5.54 Å². The lowest BCUT2D eigenvalue weighted by Crippen LogP contribution is -2.48. The first kappa shape index (κ1) is 15.8. The van der Waals surface area contributed by atoms with Crippen LogP contribution in [-0.2, 0) is 0 Å². The average molecular weight is 276 g/mol. The summed E-state index contributed by atoms with van der Waals surface area (Å²) in [4.78, 5) is 12.2. The Bertz CT molecular complexity index is 534. The lowest BCUT2D eigenvalue weighted by Gasteiger charge is -2.27. The van der Waals surface area contributed by atoms with Crippen molar-refractivity contribution in [2.45, 2.75) is 26.3 Å². The zero-order valence-corrected chi connectivity index (χ0v) is 12.5. The van der Waals surface area contributed by atoms with E-state index in [2.05, 4.69) is 11.4 Å². The molecule has 20 heavy (non-hydrogen) atoms. The second-order valence-corrected chi connectivity index (χ2v) is 4.99. The summed E-state index contributed by atoms with van der Waals surface area (Å²) < 4.78 is 10.3. The highest BCUT2D eigenvalue weighted by atomic mass is 16.5. The molecule has 0 unspecified atom stereocenters. The fourth-order valence-corrected chi connectivity index (χ4v) is 1.59. The maximum absolute atomic E-state index is 12.2. The number of methoxy groups -OCH3 is 2. The molecule has 0 aliphatic carbocycles. The van der Waals surface area contributed by atoms with Crippen molar-refractivity contribution in [3.05, 3.63) is 23.8 Å². The van der Waals surface area contributed by atoms with Gasteiger partial charge in [0.25, 0.3) is 5.91 Å². The standard InChI is InChI=1S/C15H20N2O3/c1-10(2)15(3,9-16)17-14(18)11-6-7-12(19-4)13(8-11)20-5/h6-8,10H,1-5H3,(H,17,18)/t15-/m1/s1. The SMILES string of the molecule is COc1ccc(C(=O)N[C@](C)(C#N)C(C)C)cc1OC. The molecule has 0 radical (unpaired) electrons. The number of carbonyl (C=O) groups excluding carboxylic acids is 1. The van der Waals surface area contributed by atoms with Gasteiger partial charge in [-0.1, -0.05) is 13.8 Å². The molecular weight excluding hydrogens is 256 g/mol. The van der Waals surface area contributed by atoms with Gasteiger partial charge in [-0.25, -0.2) is 0 Å². The molecule has 0 bridgehead atoms. The van der Waals surface area contributed by atoms with Crippen molar-refractivity contribution in [2.24, 2.45) is 5.92 Å². The van der Waals surface area contributed by atoms with Crippen molar-refractivity contribution in [3.8, 4) is 17.6 Å². The second kappa shape index (κ2) is 6.29. The molecular formula is C15H20N2O3. The Labute approximate surface area is 119 Å². The predicted molar refractivity (Wildman–Crippen MR) is 75.9 cm³/mol. The van der Waals surface area contributed by atoms with Crippen LogP contribution in [0.1, 0.15) is 31.1 Å². The summed E-state index contributed by atoms with van der Waals surface area (Å²) in [6.45, 7) is 5.48. The molecule has 0 aliphatic rings. The van der Waals surface area contributed by atoms with Crippen molar-refractivity contribution < 1.29 is 14.3 Å². The molecule has 0 saturated carbocycles. The Morgan fingerprint density at radius 3 is 2.35 bits per heavy atom. The molecule has 0 fully saturated rings. The van der Waals surface area contributed by atoms with Gasteiger partial charge in [0, 0.05) is 5.56 Å². The van der Waals surface area contributed by atoms with E-state index in [1.165, 1.54) is 14.2 Å². The molecule has 0 spiro atoms. The van der Waals surface area contributed by atoms with E-state index in [4.69, 9.17) is 9.47 Å². The van der Waals surface area contributed by atoms with Crippen LogP contribution in [0.2, 0.25) is 0 Å². The lowest BCUT2D eigenvalue weighted by molar-refractivity contribution is 0.0907. The minimum Gasteiger partial charge on any atom is -0.493 e. The largest absolute Gasteiger partial charge is 0.493 e. The van der Waals surface area contributed by atoms with Gasteiger partial charge >= 0.3 is 0 Å². The number of amides is 1. The van der Waals surface area contributed by atoms with Crippen LogP contribution in [0.3, 0.4) is 0 Å². The van der Waals surface area contributed by atoms with Crippen molar-refractivity contribution in [1.29, 1.82) is 5.26 Å². The number of nitrogens with one attached hydrogen (secondary N) is 1. The topological polar surface area (TPSA) is 71.3 Å². The summed E-state index contributed by atoms with van der Waals surface area (Å²) in [6, 6.07) is 7.02. The Kier molecular flexibility index (Phi) is 4.98. The average Bonchev–Trinajstić information content (AvgIpc) is 2.45. The number of hydrogen-bond donors (Lipinski definition) is 1. The number of ether oxygens (including phenoxy) is 2. The van der Waals surface area contributed by atoms with Gasteiger partial charge in [-0.2, -0.15) is 5.26 Å². The smallest absolute Gasteiger partial charge is 0.252 e. The predicted octanol–water partition coefficient (Wildman–Crippen LogP) is 2.37. The minimum atomic E-state index is -0.912. The van der Waals surface area contributed by atoms with Gasteiger partial charge in [0.05, 0.1) is 20.3 Å². The third kappa shape index (κ3) is 3.21. The van der Waals surface area contributed by atoms with Gasteiger partial charge in [-0.05, 0) is 31.0 Å². The van der Waals surface area contributed by atoms with Crippen LogP contribution in [0, 0.1) is 17.2 Å². The molecule has 0 saturated heterocycles. The lowest BCUT2D eigenvalue weighted by atomic mass is 9.89. The van der Waals surface area contributed by atoms with E-state index in [1.807, 2.05) is 13.8 Å². The number of carbonyl (C=O) groups is 1. The van der Waals surface area contributed by atoms with Gasteiger partial charge in [0.2, 0.25) is 0 Å². The van der Waals surface area contributed by atoms with Crippen LogP contribution in [0.15, 0.2) is 18.2 Å². The summed E-state index contributed by atoms with van der Waals surface area (Å²) in [5.41, 5.74) is -0.491. The molecule has 1 N–H and O–H groups in total. The van der Waals surface area contributed by atoms with Crippen LogP contribution in [-0.4, -0.2) is 25.7 Å². The second-order valence-electron chi connectivity index (χ2n) is 4.99. The zero-order valence-electron chi connectivity index (χ0n) is 12.5. The molecule has 0 aromatic heterocycles. The highest BCUT2D eigenvalue weighted by Crippen LogP contribution is 2.28. The Hall–Kier alpha value is -2.22. The van der Waals surface area contributed by atoms with E-state index >= 15 is 0 Å². The maximum Gasteiger partial charge on any atom is 0.252 e. The van der Waals surface area contributed by atoms with Crippen molar-refractivity contribution in [3.63, 3.8) is 0 Å². The molecule has 0 aliphatic heterocycles. The van der Waals surface area contributed by atoms with Crippen molar-refractivity contribution in [1.82, 2.24) is 5.32 Å². The van der Waals surface area contributed by atoms with Crippen LogP contribution in [0.25, 0.3) is 0 Å². The molecule has 1 aromatic rings. The Morgan fingerprint density at radius 2 is 1.90 bits per heavy atom. The normalized spacial score (nSPS) is 13.2. The van der Waals surface area contributed by atoms with Gasteiger partial charge < -0.3 is 14.8 Å². The van der Waals surface area contributed by atoms with Crippen LogP contribution in [0.4, 0.5) is 0 Å². The first-order valence-corrected chi connectivity index (χ1v) is 6.33. The summed E-state index contributed by atoms with van der Waals surface area (Å²) in [6.07, 6.45) is 0. The zero-order chi connectivity index (χ0) is 15.3. The van der Waals surface area contributed by atoms with Gasteiger partial charge in [0.15, 0.2) is 11.5 Å². The van der Waals surface area contributed by atoms with Crippen molar-refractivity contribution >= 4 is 5.91 Å². The molecule has 5 heteroatoms. The maximum atomic E-state index is 12.2. The highest BCUT2D eigenvalue weighted by molar-refractivity contribution is 5.95. The number of benzene rings is 1. The summed E-state index contributed by atoms with van der Waals surface area (Å²) in [5.74, 6) is 0.708. The van der Waals surface area contributed by atoms with E-state index in [9.17, 15) is 10.1 Å². The molecule has 1 aromatic carbocycles. The molecule has 5 nitrogen and oxygen atoms in total. The van der Waals surface area contributed by atoms with Crippen LogP contribution in [0.5, 0.6) is 11.5 Å². The number of hydrogen-bond acceptors (Lipinski definition) is 4. The Balaban J connectivity index is 3.02. The first-order chi connectivity index (χ1) is 9.37. The van der Waals surface area contributed by atoms with E-state index < -0.39 is 5.54 Å². The summed E-state index contributed by atoms with van der Waals surface area (Å²) in [7, 11) is 3.04. The number of nitriles is 1. The summed E-state index contributed by atoms with van der Waals surface area (Å²) in [5, 5.41) is 12.0. The monoisotopic (exact) mass is 276 g/mol. The highest BCUT2D eigenvalue weighted by Gasteiger charge is 2.30. The quantitative estimate of drug-likeness (QED) is 0.896. The molecule has 1 rings (SSSR count). The van der Waals surface area contributed by atoms with Gasteiger partial charge in [-0.3, -0.25) is 4.79 Å². The van der Waals surface area contributed by atoms with E-state index in [0.717, 1.165) is 0 Å². The van der Waals surface area contributed by atoms with Crippen LogP contribution < -0.4 is 14.8 Å². The van der Waals surface area contributed by atoms with Gasteiger partial charge in [-0.15, -0.1) is 0 Å². The summed E-state index contributed by atoms with van der Waals surface area (Å²) >= 11 is 0. The molecule has 108 valence electrons. The number of rotatable bonds is 5. The fraction of sp³-hybridized carbons (Fsp3) is 0.467. The first-order valence-electron chi connectivity index (χ1n) is 6.33. The molecule has 1 amide bonds. The van der Waals surface area contributed by atoms with E-state index in [-0.39, 0.29) is 11.8 Å². The molecule has 0 heterocycles. The van der Waals surface area contributed by atoms with Crippen LogP contribution >= 0.6 is 0 Å². The third-order valence-electron chi connectivity index (χ3n) is 3.41. The number of nitrogens with zero attached hydrogens (tertiary/aromatic N) is 1. The van der Waals surface area contributed by atoms with E-state index in [0.29, 0.717) is 17.1 Å². The molecule has 1 atom stereocenters.